The lowest BCUT2D eigenvalue weighted by Gasteiger charge is -2.37. The first-order valence-corrected chi connectivity index (χ1v) is 14.8. The average Bonchev–Trinajstić information content (AvgIpc) is 3.45. The zero-order chi connectivity index (χ0) is 27.6. The predicted octanol–water partition coefficient (Wildman–Crippen LogP) is 9.07. The fourth-order valence-corrected chi connectivity index (χ4v) is 6.83. The molecule has 4 aromatic rings. The molecule has 3 atom stereocenters. The molecule has 0 saturated carbocycles. The van der Waals surface area contributed by atoms with Gasteiger partial charge in [0.2, 0.25) is 0 Å². The normalized spacial score (nSPS) is 19.2. The molecule has 0 unspecified atom stereocenters. The molecule has 202 valence electrons. The first-order chi connectivity index (χ1) is 19.5. The Morgan fingerprint density at radius 2 is 1.75 bits per heavy atom. The van der Waals surface area contributed by atoms with Crippen LogP contribution < -0.4 is 14.8 Å². The molecule has 40 heavy (non-hydrogen) atoms. The standard InChI is InChI=1S/C35H33IN2O2/c1-22-15-23(2)17-25(16-22)21-40-35-31(36)18-24(19-33(35)39-3)20-37-27-13-11-26(12-14-27)34-30-9-6-8-28(30)29-7-4-5-10-32(29)38-34/h4-8,10-20,28,30,34,38H,9,21H2,1-3H3/t28-,30-,34+/m1/s1. The van der Waals surface area contributed by atoms with Crippen molar-refractivity contribution in [3.8, 4) is 11.5 Å². The summed E-state index contributed by atoms with van der Waals surface area (Å²) in [6.45, 7) is 4.71. The number of allylic oxidation sites excluding steroid dienone is 2. The number of aliphatic imine (C=N–C) groups is 1. The second kappa shape index (κ2) is 11.5. The van der Waals surface area contributed by atoms with Gasteiger partial charge in [-0.05, 0) is 101 Å². The fraction of sp³-hybridized carbons (Fsp3) is 0.229. The Morgan fingerprint density at radius 1 is 0.975 bits per heavy atom. The van der Waals surface area contributed by atoms with E-state index in [9.17, 15) is 0 Å². The summed E-state index contributed by atoms with van der Waals surface area (Å²) in [5.41, 5.74) is 9.46. The summed E-state index contributed by atoms with van der Waals surface area (Å²) in [6, 6.07) is 28.2. The van der Waals surface area contributed by atoms with Crippen LogP contribution in [-0.4, -0.2) is 13.3 Å². The molecule has 0 spiro atoms. The molecule has 0 amide bonds. The molecule has 1 N–H and O–H groups in total. The number of hydrogen-bond donors (Lipinski definition) is 1. The molecular formula is C35H33IN2O2. The van der Waals surface area contributed by atoms with Crippen molar-refractivity contribution in [1.29, 1.82) is 0 Å². The van der Waals surface area contributed by atoms with E-state index in [1.54, 1.807) is 7.11 Å². The van der Waals surface area contributed by atoms with Crippen LogP contribution >= 0.6 is 22.6 Å². The van der Waals surface area contributed by atoms with Gasteiger partial charge in [0.05, 0.1) is 22.4 Å². The number of nitrogens with one attached hydrogen (secondary N) is 1. The van der Waals surface area contributed by atoms with Crippen molar-refractivity contribution in [2.75, 3.05) is 12.4 Å². The molecular weight excluding hydrogens is 607 g/mol. The third-order valence-electron chi connectivity index (χ3n) is 7.80. The van der Waals surface area contributed by atoms with Crippen molar-refractivity contribution in [3.63, 3.8) is 0 Å². The van der Waals surface area contributed by atoms with Gasteiger partial charge >= 0.3 is 0 Å². The minimum atomic E-state index is 0.287. The number of benzene rings is 4. The molecule has 0 aromatic heterocycles. The number of para-hydroxylation sites is 1. The quantitative estimate of drug-likeness (QED) is 0.125. The molecule has 0 bridgehead atoms. The van der Waals surface area contributed by atoms with E-state index in [-0.39, 0.29) is 6.04 Å². The number of nitrogens with zero attached hydrogens (tertiary/aromatic N) is 1. The number of fused-ring (bicyclic) bond motifs is 3. The lowest BCUT2D eigenvalue weighted by Crippen LogP contribution is -2.28. The molecule has 5 heteroatoms. The Morgan fingerprint density at radius 3 is 2.52 bits per heavy atom. The monoisotopic (exact) mass is 640 g/mol. The molecule has 2 aliphatic rings. The molecule has 0 fully saturated rings. The molecule has 1 aliphatic carbocycles. The zero-order valence-electron chi connectivity index (χ0n) is 23.0. The Bertz CT molecular complexity index is 1570. The topological polar surface area (TPSA) is 42.8 Å². The summed E-state index contributed by atoms with van der Waals surface area (Å²) in [4.78, 5) is 4.77. The number of hydrogen-bond acceptors (Lipinski definition) is 4. The fourth-order valence-electron chi connectivity index (χ4n) is 6.05. The van der Waals surface area contributed by atoms with Crippen LogP contribution in [0.3, 0.4) is 0 Å². The number of anilines is 1. The van der Waals surface area contributed by atoms with Crippen LogP contribution in [0.1, 0.15) is 51.8 Å². The van der Waals surface area contributed by atoms with E-state index in [1.807, 2.05) is 12.3 Å². The van der Waals surface area contributed by atoms with Gasteiger partial charge in [0.15, 0.2) is 11.5 Å². The smallest absolute Gasteiger partial charge is 0.174 e. The van der Waals surface area contributed by atoms with Crippen molar-refractivity contribution in [2.45, 2.75) is 38.8 Å². The summed E-state index contributed by atoms with van der Waals surface area (Å²) in [7, 11) is 1.68. The third-order valence-corrected chi connectivity index (χ3v) is 8.60. The van der Waals surface area contributed by atoms with Gasteiger partial charge in [-0.25, -0.2) is 0 Å². The molecule has 0 radical (unpaired) electrons. The van der Waals surface area contributed by atoms with Crippen LogP contribution in [0.25, 0.3) is 0 Å². The van der Waals surface area contributed by atoms with E-state index < -0.39 is 0 Å². The van der Waals surface area contributed by atoms with E-state index in [1.165, 1.54) is 27.9 Å². The van der Waals surface area contributed by atoms with Crippen molar-refractivity contribution < 1.29 is 9.47 Å². The number of ether oxygens (including phenoxy) is 2. The maximum Gasteiger partial charge on any atom is 0.174 e. The minimum Gasteiger partial charge on any atom is -0.493 e. The molecule has 1 heterocycles. The van der Waals surface area contributed by atoms with Gasteiger partial charge in [0.1, 0.15) is 6.61 Å². The number of aryl methyl sites for hydroxylation is 2. The highest BCUT2D eigenvalue weighted by molar-refractivity contribution is 14.1. The maximum absolute atomic E-state index is 6.21. The maximum atomic E-state index is 6.21. The summed E-state index contributed by atoms with van der Waals surface area (Å²) in [5.74, 6) is 2.47. The number of halogens is 1. The highest BCUT2D eigenvalue weighted by atomic mass is 127. The zero-order valence-corrected chi connectivity index (χ0v) is 25.2. The minimum absolute atomic E-state index is 0.287. The Kier molecular flexibility index (Phi) is 7.65. The molecule has 0 saturated heterocycles. The van der Waals surface area contributed by atoms with E-state index in [0.717, 1.165) is 32.6 Å². The molecule has 6 rings (SSSR count). The van der Waals surface area contributed by atoms with Crippen LogP contribution in [0, 0.1) is 23.3 Å². The predicted molar refractivity (Wildman–Crippen MR) is 172 cm³/mol. The second-order valence-corrected chi connectivity index (χ2v) is 11.9. The number of methoxy groups -OCH3 is 1. The van der Waals surface area contributed by atoms with E-state index >= 15 is 0 Å². The van der Waals surface area contributed by atoms with Gasteiger partial charge in [0.25, 0.3) is 0 Å². The van der Waals surface area contributed by atoms with Crippen molar-refractivity contribution >= 4 is 40.2 Å². The largest absolute Gasteiger partial charge is 0.493 e. The molecule has 4 nitrogen and oxygen atoms in total. The highest BCUT2D eigenvalue weighted by Gasteiger charge is 2.37. The summed E-state index contributed by atoms with van der Waals surface area (Å²) in [6.07, 6.45) is 7.70. The Labute approximate surface area is 250 Å². The highest BCUT2D eigenvalue weighted by Crippen LogP contribution is 2.49. The van der Waals surface area contributed by atoms with Gasteiger partial charge in [-0.15, -0.1) is 0 Å². The van der Waals surface area contributed by atoms with Crippen molar-refractivity contribution in [3.05, 3.63) is 128 Å². The van der Waals surface area contributed by atoms with Crippen LogP contribution in [0.4, 0.5) is 11.4 Å². The second-order valence-electron chi connectivity index (χ2n) is 10.7. The van der Waals surface area contributed by atoms with Crippen LogP contribution in [-0.2, 0) is 6.61 Å². The molecule has 1 aliphatic heterocycles. The lowest BCUT2D eigenvalue weighted by molar-refractivity contribution is 0.282. The Balaban J connectivity index is 1.17. The van der Waals surface area contributed by atoms with Crippen molar-refractivity contribution in [2.24, 2.45) is 10.9 Å². The van der Waals surface area contributed by atoms with E-state index in [2.05, 4.69) is 127 Å². The van der Waals surface area contributed by atoms with Gasteiger partial charge in [-0.3, -0.25) is 4.99 Å². The SMILES string of the molecule is COc1cc(C=Nc2ccc([C@@H]3Nc4ccccc4[C@H]4C=CC[C@H]43)cc2)cc(I)c1OCc1cc(C)cc(C)c1. The lowest BCUT2D eigenvalue weighted by atomic mass is 9.77. The van der Waals surface area contributed by atoms with Gasteiger partial charge in [0, 0.05) is 17.8 Å². The van der Waals surface area contributed by atoms with Crippen LogP contribution in [0.5, 0.6) is 11.5 Å². The van der Waals surface area contributed by atoms with E-state index in [0.29, 0.717) is 24.2 Å². The first-order valence-electron chi connectivity index (χ1n) is 13.7. The summed E-state index contributed by atoms with van der Waals surface area (Å²) >= 11 is 2.31. The number of rotatable bonds is 7. The third kappa shape index (κ3) is 5.52. The average molecular weight is 641 g/mol. The van der Waals surface area contributed by atoms with Gasteiger partial charge in [-0.1, -0.05) is 71.8 Å². The molecule has 4 aromatic carbocycles. The van der Waals surface area contributed by atoms with Crippen molar-refractivity contribution in [1.82, 2.24) is 0 Å². The van der Waals surface area contributed by atoms with Gasteiger partial charge < -0.3 is 14.8 Å². The summed E-state index contributed by atoms with van der Waals surface area (Å²) in [5, 5.41) is 3.81. The Hall–Kier alpha value is -3.58. The van der Waals surface area contributed by atoms with E-state index in [4.69, 9.17) is 14.5 Å². The van der Waals surface area contributed by atoms with Gasteiger partial charge in [-0.2, -0.15) is 0 Å². The van der Waals surface area contributed by atoms with Crippen LogP contribution in [0.15, 0.2) is 96.0 Å². The first kappa shape index (κ1) is 26.6. The summed E-state index contributed by atoms with van der Waals surface area (Å²) < 4.78 is 12.9. The van der Waals surface area contributed by atoms with Crippen LogP contribution in [0.2, 0.25) is 0 Å².